The molecule has 117 heavy (non-hydrogen) atoms. The predicted octanol–water partition coefficient (Wildman–Crippen LogP) is 34.3. The molecule has 0 aromatic carbocycles. The first-order valence-electron chi connectivity index (χ1n) is 27.1. The zero-order valence-corrected chi connectivity index (χ0v) is 50.1. The van der Waals surface area contributed by atoms with Gasteiger partial charge in [0.05, 0.1) is 110 Å². The SMILES string of the molecule is C.C.C.C.C.C.C.C.C.C.C.C.C.C.C.C.C.C.C.C.C.C.C.C.C.C.C.C.C.C.C.C.C.C.C.C.C.C.C.C.CCC(CC(=O)O)SC(CC)CC(=O)OCCOCC(COCCOC(=O)CC(CC)SC(CC)CC(=O)O)(COCCOC(=O)CC(CC)SC(CC)CC(=O)O)COCCOC(=O)CC(CC)SC(CC)CC(=O)O. The number of aliphatic carboxylic acids is 4. The number of thioether (sulfide) groups is 4. The number of carbonyl (C=O) groups is 8. The van der Waals surface area contributed by atoms with Gasteiger partial charge in [0.2, 0.25) is 0 Å². The lowest BCUT2D eigenvalue weighted by atomic mass is 9.92. The molecule has 0 aromatic rings. The second-order valence-electron chi connectivity index (χ2n) is 18.6. The van der Waals surface area contributed by atoms with Crippen LogP contribution in [0.25, 0.3) is 0 Å². The minimum absolute atomic E-state index is 0. The van der Waals surface area contributed by atoms with E-state index in [0.717, 1.165) is 0 Å². The first kappa shape index (κ1) is 273. The predicted molar refractivity (Wildman–Crippen MR) is 569 cm³/mol. The van der Waals surface area contributed by atoms with Crippen LogP contribution in [0.15, 0.2) is 0 Å². The Morgan fingerprint density at radius 1 is 0.205 bits per heavy atom. The fraction of sp³-hybridized carbons (Fsp3) is 0.914. The summed E-state index contributed by atoms with van der Waals surface area (Å²) >= 11 is 5.84. The number of ether oxygens (including phenoxy) is 8. The summed E-state index contributed by atoms with van der Waals surface area (Å²) in [7, 11) is 0. The lowest BCUT2D eigenvalue weighted by molar-refractivity contribution is -0.152. The Morgan fingerprint density at radius 3 is 0.419 bits per heavy atom. The number of hydrogen-bond acceptors (Lipinski definition) is 20. The van der Waals surface area contributed by atoms with Crippen LogP contribution in [0.2, 0.25) is 0 Å². The number of esters is 4. The molecule has 0 bridgehead atoms. The van der Waals surface area contributed by atoms with Crippen LogP contribution in [-0.2, 0) is 76.3 Å². The third-order valence-electron chi connectivity index (χ3n) is 12.0. The molecule has 0 heterocycles. The van der Waals surface area contributed by atoms with Crippen LogP contribution >= 0.6 is 47.0 Å². The Balaban J connectivity index is -0.0000000370. The molecule has 0 aromatic heterocycles. The van der Waals surface area contributed by atoms with Gasteiger partial charge in [-0.15, -0.1) is 0 Å². The summed E-state index contributed by atoms with van der Waals surface area (Å²) < 4.78 is 46.4. The van der Waals surface area contributed by atoms with Gasteiger partial charge in [-0.1, -0.05) is 352 Å². The van der Waals surface area contributed by atoms with Crippen molar-refractivity contribution >= 4 is 94.8 Å². The van der Waals surface area contributed by atoms with Gasteiger partial charge in [0.1, 0.15) is 26.4 Å². The molecule has 20 nitrogen and oxygen atoms in total. The van der Waals surface area contributed by atoms with Crippen LogP contribution in [0.1, 0.15) is 455 Å². The smallest absolute Gasteiger partial charge is 0.306 e. The summed E-state index contributed by atoms with van der Waals surface area (Å²) in [6.07, 6.45) is 5.39. The topological polar surface area (TPSA) is 291 Å². The molecule has 0 spiro atoms. The lowest BCUT2D eigenvalue weighted by Crippen LogP contribution is -2.43. The molecule has 0 aliphatic carbocycles. The highest BCUT2D eigenvalue weighted by atomic mass is 32.2. The summed E-state index contributed by atoms with van der Waals surface area (Å²) in [6, 6.07) is 0. The third kappa shape index (κ3) is 148. The Bertz CT molecular complexity index is 1450. The fourth-order valence-corrected chi connectivity index (χ4v) is 13.0. The molecule has 0 amide bonds. The normalized spacial score (nSPS) is 10.1. The van der Waals surface area contributed by atoms with E-state index < -0.39 is 53.2 Å². The maximum atomic E-state index is 12.9. The van der Waals surface area contributed by atoms with E-state index in [-0.39, 0.29) is 470 Å². The fourth-order valence-electron chi connectivity index (χ4n) is 7.42. The molecule has 0 aliphatic rings. The van der Waals surface area contributed by atoms with Gasteiger partial charge in [0, 0.05) is 42.0 Å². The maximum absolute atomic E-state index is 12.9. The van der Waals surface area contributed by atoms with Crippen molar-refractivity contribution in [1.29, 1.82) is 0 Å². The highest BCUT2D eigenvalue weighted by molar-refractivity contribution is 8.01. The molecule has 0 aliphatic heterocycles. The zero-order chi connectivity index (χ0) is 58.0. The molecule has 8 atom stereocenters. The number of carboxylic acids is 4. The van der Waals surface area contributed by atoms with Crippen LogP contribution in [0.5, 0.6) is 0 Å². The van der Waals surface area contributed by atoms with Gasteiger partial charge in [-0.2, -0.15) is 47.0 Å². The summed E-state index contributed by atoms with van der Waals surface area (Å²) in [4.78, 5) is 96.9. The van der Waals surface area contributed by atoms with Crippen molar-refractivity contribution in [2.45, 2.75) is 497 Å². The van der Waals surface area contributed by atoms with Crippen molar-refractivity contribution in [3.63, 3.8) is 0 Å². The molecular formula is C93H252O20S4. The molecule has 0 radical (unpaired) electrons. The number of carboxylic acid groups (broad SMARTS) is 4. The average Bonchev–Trinajstić information content (AvgIpc) is 3.37. The zero-order valence-electron chi connectivity index (χ0n) is 46.9. The largest absolute Gasteiger partial charge is 0.481 e. The molecule has 768 valence electrons. The highest BCUT2D eigenvalue weighted by Crippen LogP contribution is 2.31. The minimum atomic E-state index is -1.08. The highest BCUT2D eigenvalue weighted by Gasteiger charge is 2.34. The van der Waals surface area contributed by atoms with Gasteiger partial charge in [-0.3, -0.25) is 38.4 Å². The molecular weight excluding hydrogens is 1570 g/mol. The van der Waals surface area contributed by atoms with Crippen LogP contribution in [0, 0.1) is 5.41 Å². The minimum Gasteiger partial charge on any atom is -0.481 e. The van der Waals surface area contributed by atoms with Gasteiger partial charge >= 0.3 is 47.8 Å². The summed E-state index contributed by atoms with van der Waals surface area (Å²) in [5, 5.41) is 36.0. The van der Waals surface area contributed by atoms with E-state index in [9.17, 15) is 58.8 Å². The monoisotopic (exact) mass is 1820 g/mol. The van der Waals surface area contributed by atoms with E-state index in [1.807, 2.05) is 55.4 Å². The molecule has 4 N–H and O–H groups in total. The number of carbonyl (C=O) groups excluding carboxylic acids is 4. The number of hydrogen-bond donors (Lipinski definition) is 4. The standard InChI is InChI=1S/C53H92O20S4.40CH4/c1-9-37(25-45(54)55)74-41(13-5)29-49(62)70-21-17-66-33-53(34-67-18-22-71-50(63)30-42(14-6)75-38(10-2)26-46(56)57,35-68-19-23-72-51(64)31-43(15-7)76-39(11-3)27-47(58)59)36-69-20-24-73-52(65)32-44(16-8)77-40(12-4)28-48(60)61;;;;;;;;;;;;;;;;;;;;;;;;;;;;;;;;;;;;;;;;/h37-44H,9-36H2,1-8H3,(H,54,55)(H,56,57)(H,58,59)(H,60,61);40*1H4. The summed E-state index contributed by atoms with van der Waals surface area (Å²) in [5.41, 5.74) is -1.08. The van der Waals surface area contributed by atoms with Crippen molar-refractivity contribution < 1.29 is 96.7 Å². The van der Waals surface area contributed by atoms with E-state index >= 15 is 0 Å². The van der Waals surface area contributed by atoms with Gasteiger partial charge in [-0.05, 0) is 51.4 Å². The molecule has 0 rings (SSSR count). The van der Waals surface area contributed by atoms with E-state index in [2.05, 4.69) is 0 Å². The van der Waals surface area contributed by atoms with Crippen molar-refractivity contribution in [3.05, 3.63) is 0 Å². The van der Waals surface area contributed by atoms with Crippen LogP contribution in [0.3, 0.4) is 0 Å². The lowest BCUT2D eigenvalue weighted by Gasteiger charge is -2.33. The van der Waals surface area contributed by atoms with Crippen molar-refractivity contribution in [3.8, 4) is 0 Å². The van der Waals surface area contributed by atoms with Crippen molar-refractivity contribution in [2.24, 2.45) is 5.41 Å². The Morgan fingerprint density at radius 2 is 0.316 bits per heavy atom. The molecule has 0 fully saturated rings. The van der Waals surface area contributed by atoms with E-state index in [1.165, 1.54) is 47.0 Å². The van der Waals surface area contributed by atoms with E-state index in [0.29, 0.717) is 51.4 Å². The summed E-state index contributed by atoms with van der Waals surface area (Å²) in [5.74, 6) is -5.46. The van der Waals surface area contributed by atoms with Gasteiger partial charge < -0.3 is 58.3 Å². The van der Waals surface area contributed by atoms with Crippen molar-refractivity contribution in [1.82, 2.24) is 0 Å². The number of rotatable bonds is 52. The first-order chi connectivity index (χ1) is 36.7. The van der Waals surface area contributed by atoms with Gasteiger partial charge in [0.25, 0.3) is 0 Å². The van der Waals surface area contributed by atoms with Crippen LogP contribution in [0.4, 0.5) is 0 Å². The average molecular weight is 1820 g/mol. The van der Waals surface area contributed by atoms with E-state index in [4.69, 9.17) is 37.9 Å². The van der Waals surface area contributed by atoms with Crippen molar-refractivity contribution in [2.75, 3.05) is 79.3 Å². The van der Waals surface area contributed by atoms with E-state index in [1.54, 1.807) is 0 Å². The van der Waals surface area contributed by atoms with Crippen LogP contribution < -0.4 is 0 Å². The molecule has 8 unspecified atom stereocenters. The Kier molecular flexibility index (Phi) is 400. The molecule has 0 saturated carbocycles. The quantitative estimate of drug-likeness (QED) is 0.0250. The second kappa shape index (κ2) is 171. The van der Waals surface area contributed by atoms with Crippen LogP contribution in [-0.4, -0.2) is 189 Å². The Labute approximate surface area is 768 Å². The first-order valence-corrected chi connectivity index (χ1v) is 30.9. The van der Waals surface area contributed by atoms with Gasteiger partial charge in [-0.25, -0.2) is 0 Å². The van der Waals surface area contributed by atoms with Gasteiger partial charge in [0.15, 0.2) is 0 Å². The summed E-state index contributed by atoms with van der Waals surface area (Å²) in [6.45, 7) is 14.5. The maximum Gasteiger partial charge on any atom is 0.306 e. The molecule has 0 saturated heterocycles. The third-order valence-corrected chi connectivity index (χ3v) is 19.0. The second-order valence-corrected chi connectivity index (χ2v) is 25.0. The molecule has 24 heteroatoms. The Hall–Kier alpha value is -3.00.